The van der Waals surface area contributed by atoms with E-state index >= 15 is 0 Å². The van der Waals surface area contributed by atoms with Gasteiger partial charge in [0.2, 0.25) is 15.9 Å². The molecule has 2 aromatic carbocycles. The first kappa shape index (κ1) is 27.2. The zero-order valence-electron chi connectivity index (χ0n) is 21.2. The molecule has 202 valence electrons. The number of nitro groups is 1. The topological polar surface area (TPSA) is 159 Å². The molecule has 0 aliphatic carbocycles. The quantitative estimate of drug-likeness (QED) is 0.308. The molecule has 2 saturated heterocycles. The van der Waals surface area contributed by atoms with Crippen LogP contribution in [0.3, 0.4) is 0 Å². The van der Waals surface area contributed by atoms with Crippen molar-refractivity contribution in [1.82, 2.24) is 14.5 Å². The number of imide groups is 1. The first-order chi connectivity index (χ1) is 17.8. The van der Waals surface area contributed by atoms with Crippen molar-refractivity contribution in [3.05, 3.63) is 64.2 Å². The third-order valence-corrected chi connectivity index (χ3v) is 8.69. The van der Waals surface area contributed by atoms with Crippen LogP contribution < -0.4 is 10.6 Å². The van der Waals surface area contributed by atoms with Gasteiger partial charge in [-0.2, -0.15) is 4.31 Å². The zero-order valence-corrected chi connectivity index (χ0v) is 22.0. The highest BCUT2D eigenvalue weighted by Crippen LogP contribution is 2.30. The van der Waals surface area contributed by atoms with E-state index in [4.69, 9.17) is 0 Å². The van der Waals surface area contributed by atoms with Gasteiger partial charge in [-0.3, -0.25) is 24.6 Å². The van der Waals surface area contributed by atoms with Crippen molar-refractivity contribution in [1.29, 1.82) is 0 Å². The number of nitrogens with one attached hydrogen (secondary N) is 2. The van der Waals surface area contributed by atoms with Crippen LogP contribution in [0.2, 0.25) is 0 Å². The van der Waals surface area contributed by atoms with E-state index in [1.165, 1.54) is 59.8 Å². The molecule has 4 amide bonds. The molecule has 13 heteroatoms. The van der Waals surface area contributed by atoms with Gasteiger partial charge in [0.05, 0.1) is 9.82 Å². The van der Waals surface area contributed by atoms with E-state index in [9.17, 15) is 32.9 Å². The van der Waals surface area contributed by atoms with E-state index in [2.05, 4.69) is 10.6 Å². The van der Waals surface area contributed by atoms with Crippen LogP contribution in [0, 0.1) is 22.0 Å². The number of amides is 4. The molecular formula is C25H29N5O7S. The summed E-state index contributed by atoms with van der Waals surface area (Å²) in [4.78, 5) is 49.4. The van der Waals surface area contributed by atoms with Gasteiger partial charge in [0.15, 0.2) is 0 Å². The van der Waals surface area contributed by atoms with Gasteiger partial charge in [0, 0.05) is 30.9 Å². The standard InChI is InChI=1S/C25H29N5O7S/c1-16-12-17(2)14-28(13-16)38(36,37)21-10-6-19(7-11-21)26-22(31)15-29-23(32)25(3,27-24(29)33)18-4-8-20(9-5-18)30(34)35/h4-11,16-17H,12-15H2,1-3H3,(H,26,31)(H,27,33)/t16-,17-,25-/m1/s1. The average Bonchev–Trinajstić information content (AvgIpc) is 3.07. The second kappa shape index (κ2) is 10.1. The fraction of sp³-hybridized carbons (Fsp3) is 0.400. The minimum atomic E-state index is -3.68. The summed E-state index contributed by atoms with van der Waals surface area (Å²) in [6.45, 7) is 5.84. The number of anilines is 1. The van der Waals surface area contributed by atoms with E-state index in [1.54, 1.807) is 0 Å². The number of nitrogens with zero attached hydrogens (tertiary/aromatic N) is 3. The first-order valence-corrected chi connectivity index (χ1v) is 13.5. The number of nitro benzene ring substituents is 1. The van der Waals surface area contributed by atoms with Crippen molar-refractivity contribution in [2.45, 2.75) is 37.6 Å². The molecule has 2 aliphatic heterocycles. The van der Waals surface area contributed by atoms with Crippen LogP contribution in [-0.4, -0.2) is 60.0 Å². The third kappa shape index (κ3) is 5.24. The van der Waals surface area contributed by atoms with Gasteiger partial charge < -0.3 is 10.6 Å². The fourth-order valence-corrected chi connectivity index (χ4v) is 6.64. The Labute approximate surface area is 220 Å². The summed E-state index contributed by atoms with van der Waals surface area (Å²) >= 11 is 0. The Kier molecular flexibility index (Phi) is 7.26. The Morgan fingerprint density at radius 1 is 1.08 bits per heavy atom. The Hall–Kier alpha value is -3.84. The van der Waals surface area contributed by atoms with E-state index in [0.717, 1.165) is 11.3 Å². The second-order valence-electron chi connectivity index (χ2n) is 10.1. The molecule has 2 aromatic rings. The molecule has 2 aliphatic rings. The van der Waals surface area contributed by atoms with Crippen LogP contribution >= 0.6 is 0 Å². The Balaban J connectivity index is 1.41. The molecule has 0 aromatic heterocycles. The lowest BCUT2D eigenvalue weighted by atomic mass is 9.92. The highest BCUT2D eigenvalue weighted by atomic mass is 32.2. The number of benzene rings is 2. The van der Waals surface area contributed by atoms with Gasteiger partial charge in [0.1, 0.15) is 12.1 Å². The number of carbonyl (C=O) groups is 3. The maximum absolute atomic E-state index is 13.1. The van der Waals surface area contributed by atoms with Crippen molar-refractivity contribution < 1.29 is 27.7 Å². The van der Waals surface area contributed by atoms with Crippen LogP contribution in [0.5, 0.6) is 0 Å². The highest BCUT2D eigenvalue weighted by molar-refractivity contribution is 7.89. The molecule has 38 heavy (non-hydrogen) atoms. The van der Waals surface area contributed by atoms with Crippen LogP contribution in [-0.2, 0) is 25.2 Å². The van der Waals surface area contributed by atoms with Gasteiger partial charge in [-0.25, -0.2) is 13.2 Å². The molecule has 0 radical (unpaired) electrons. The Morgan fingerprint density at radius 3 is 2.21 bits per heavy atom. The number of hydrogen-bond acceptors (Lipinski definition) is 7. The predicted octanol–water partition coefficient (Wildman–Crippen LogP) is 2.67. The minimum Gasteiger partial charge on any atom is -0.325 e. The van der Waals surface area contributed by atoms with Crippen LogP contribution in [0.1, 0.15) is 32.8 Å². The summed E-state index contributed by atoms with van der Waals surface area (Å²) in [5.74, 6) is -0.812. The summed E-state index contributed by atoms with van der Waals surface area (Å²) < 4.78 is 27.6. The minimum absolute atomic E-state index is 0.116. The van der Waals surface area contributed by atoms with E-state index in [-0.39, 0.29) is 22.4 Å². The molecule has 4 rings (SSSR count). The molecule has 2 fully saturated rings. The van der Waals surface area contributed by atoms with Crippen molar-refractivity contribution in [3.63, 3.8) is 0 Å². The van der Waals surface area contributed by atoms with E-state index < -0.39 is 44.9 Å². The lowest BCUT2D eigenvalue weighted by Gasteiger charge is -2.34. The van der Waals surface area contributed by atoms with Gasteiger partial charge in [-0.05, 0) is 67.1 Å². The van der Waals surface area contributed by atoms with Crippen LogP contribution in [0.4, 0.5) is 16.2 Å². The monoisotopic (exact) mass is 543 g/mol. The van der Waals surface area contributed by atoms with Gasteiger partial charge >= 0.3 is 6.03 Å². The Morgan fingerprint density at radius 2 is 1.66 bits per heavy atom. The molecule has 0 bridgehead atoms. The highest BCUT2D eigenvalue weighted by Gasteiger charge is 2.49. The molecular weight excluding hydrogens is 514 g/mol. The summed E-state index contributed by atoms with van der Waals surface area (Å²) in [6, 6.07) is 10.2. The number of hydrogen-bond donors (Lipinski definition) is 2. The second-order valence-corrected chi connectivity index (χ2v) is 12.0. The average molecular weight is 544 g/mol. The zero-order chi connectivity index (χ0) is 27.8. The summed E-state index contributed by atoms with van der Waals surface area (Å²) in [5.41, 5.74) is -1.02. The van der Waals surface area contributed by atoms with Crippen molar-refractivity contribution in [3.8, 4) is 0 Å². The van der Waals surface area contributed by atoms with Crippen LogP contribution in [0.15, 0.2) is 53.4 Å². The molecule has 2 N–H and O–H groups in total. The first-order valence-electron chi connectivity index (χ1n) is 12.1. The summed E-state index contributed by atoms with van der Waals surface area (Å²) in [6.07, 6.45) is 0.974. The number of sulfonamides is 1. The third-order valence-electron chi connectivity index (χ3n) is 6.84. The number of urea groups is 1. The van der Waals surface area contributed by atoms with E-state index in [1.807, 2.05) is 13.8 Å². The normalized spacial score (nSPS) is 24.2. The molecule has 0 spiro atoms. The number of non-ortho nitro benzene ring substituents is 1. The van der Waals surface area contributed by atoms with Crippen molar-refractivity contribution >= 4 is 39.2 Å². The molecule has 0 saturated carbocycles. The summed E-state index contributed by atoms with van der Waals surface area (Å²) in [5, 5.41) is 16.0. The molecule has 2 heterocycles. The molecule has 0 unspecified atom stereocenters. The maximum atomic E-state index is 13.1. The molecule has 3 atom stereocenters. The maximum Gasteiger partial charge on any atom is 0.325 e. The lowest BCUT2D eigenvalue weighted by molar-refractivity contribution is -0.384. The predicted molar refractivity (Wildman–Crippen MR) is 137 cm³/mol. The number of rotatable bonds is 7. The fourth-order valence-electron chi connectivity index (χ4n) is 4.96. The number of piperidine rings is 1. The Bertz CT molecular complexity index is 1370. The van der Waals surface area contributed by atoms with Crippen molar-refractivity contribution in [2.24, 2.45) is 11.8 Å². The lowest BCUT2D eigenvalue weighted by Crippen LogP contribution is -2.42. The summed E-state index contributed by atoms with van der Waals surface area (Å²) in [7, 11) is -3.68. The van der Waals surface area contributed by atoms with Crippen LogP contribution in [0.25, 0.3) is 0 Å². The van der Waals surface area contributed by atoms with Crippen molar-refractivity contribution in [2.75, 3.05) is 25.0 Å². The smallest absolute Gasteiger partial charge is 0.325 e. The van der Waals surface area contributed by atoms with Gasteiger partial charge in [-0.15, -0.1) is 0 Å². The largest absolute Gasteiger partial charge is 0.325 e. The SMILES string of the molecule is C[C@@H]1C[C@@H](C)CN(S(=O)(=O)c2ccc(NC(=O)CN3C(=O)N[C@](C)(c4ccc([N+](=O)[O-])cc4)C3=O)cc2)C1. The molecule has 12 nitrogen and oxygen atoms in total. The van der Waals surface area contributed by atoms with E-state index in [0.29, 0.717) is 24.3 Å². The van der Waals surface area contributed by atoms with Gasteiger partial charge in [0.25, 0.3) is 11.6 Å². The number of carbonyl (C=O) groups excluding carboxylic acids is 3. The van der Waals surface area contributed by atoms with Gasteiger partial charge in [-0.1, -0.05) is 13.8 Å².